The minimum absolute atomic E-state index is 0.130. The van der Waals surface area contributed by atoms with Gasteiger partial charge < -0.3 is 18.9 Å². The maximum absolute atomic E-state index is 13.2. The first kappa shape index (κ1) is 21.0. The third kappa shape index (κ3) is 4.79. The molecule has 168 valence electrons. The van der Waals surface area contributed by atoms with Gasteiger partial charge in [0.1, 0.15) is 24.7 Å². The van der Waals surface area contributed by atoms with Crippen LogP contribution in [0, 0.1) is 0 Å². The van der Waals surface area contributed by atoms with Crippen LogP contribution in [-0.2, 0) is 22.7 Å². The molecule has 0 spiro atoms. The molecule has 1 unspecified atom stereocenters. The SMILES string of the molecule is O=C(Cn1c(COc2ccccc2)nc2ccccc21)N1CCN(CC2CCCO2)CC1. The molecular weight excluding hydrogens is 404 g/mol. The zero-order chi connectivity index (χ0) is 21.8. The standard InChI is InChI=1S/C25H30N4O3/c30-25(28-14-12-27(13-15-28)17-21-9-6-16-31-21)18-29-23-11-5-4-10-22(23)26-24(29)19-32-20-7-2-1-3-8-20/h1-5,7-8,10-11,21H,6,9,12-19H2. The minimum Gasteiger partial charge on any atom is -0.486 e. The Kier molecular flexibility index (Phi) is 6.36. The first-order valence-corrected chi connectivity index (χ1v) is 11.5. The number of para-hydroxylation sites is 3. The summed E-state index contributed by atoms with van der Waals surface area (Å²) in [6, 6.07) is 17.6. The van der Waals surface area contributed by atoms with Crippen LogP contribution in [0.1, 0.15) is 18.7 Å². The Labute approximate surface area is 188 Å². The molecule has 32 heavy (non-hydrogen) atoms. The van der Waals surface area contributed by atoms with Gasteiger partial charge in [0.25, 0.3) is 0 Å². The van der Waals surface area contributed by atoms with Gasteiger partial charge in [-0.15, -0.1) is 0 Å². The van der Waals surface area contributed by atoms with Crippen molar-refractivity contribution in [2.75, 3.05) is 39.3 Å². The van der Waals surface area contributed by atoms with Crippen molar-refractivity contribution in [1.82, 2.24) is 19.4 Å². The number of rotatable bonds is 7. The molecule has 1 atom stereocenters. The van der Waals surface area contributed by atoms with E-state index in [9.17, 15) is 4.79 Å². The molecule has 0 saturated carbocycles. The predicted molar refractivity (Wildman–Crippen MR) is 123 cm³/mol. The van der Waals surface area contributed by atoms with Crippen molar-refractivity contribution in [2.45, 2.75) is 32.1 Å². The summed E-state index contributed by atoms with van der Waals surface area (Å²) in [5, 5.41) is 0. The summed E-state index contributed by atoms with van der Waals surface area (Å²) < 4.78 is 13.7. The van der Waals surface area contributed by atoms with Gasteiger partial charge in [-0.1, -0.05) is 30.3 Å². The zero-order valence-corrected chi connectivity index (χ0v) is 18.4. The van der Waals surface area contributed by atoms with Crippen LogP contribution in [0.15, 0.2) is 54.6 Å². The molecule has 2 aliphatic rings. The van der Waals surface area contributed by atoms with Crippen LogP contribution in [0.2, 0.25) is 0 Å². The van der Waals surface area contributed by atoms with Crippen molar-refractivity contribution in [3.8, 4) is 5.75 Å². The Morgan fingerprint density at radius 3 is 2.59 bits per heavy atom. The van der Waals surface area contributed by atoms with E-state index in [4.69, 9.17) is 14.5 Å². The van der Waals surface area contributed by atoms with Gasteiger partial charge in [0, 0.05) is 39.3 Å². The van der Waals surface area contributed by atoms with Crippen molar-refractivity contribution in [3.63, 3.8) is 0 Å². The first-order chi connectivity index (χ1) is 15.8. The minimum atomic E-state index is 0.130. The number of benzene rings is 2. The topological polar surface area (TPSA) is 59.8 Å². The molecule has 5 rings (SSSR count). The molecule has 3 aromatic rings. The average Bonchev–Trinajstić information content (AvgIpc) is 3.47. The highest BCUT2D eigenvalue weighted by molar-refractivity contribution is 5.81. The van der Waals surface area contributed by atoms with Crippen LogP contribution in [-0.4, -0.2) is 70.7 Å². The van der Waals surface area contributed by atoms with Crippen LogP contribution in [0.3, 0.4) is 0 Å². The summed E-state index contributed by atoms with van der Waals surface area (Å²) in [6.45, 7) is 5.79. The Balaban J connectivity index is 1.24. The van der Waals surface area contributed by atoms with E-state index in [2.05, 4.69) is 4.90 Å². The third-order valence-electron chi connectivity index (χ3n) is 6.35. The molecule has 7 nitrogen and oxygen atoms in total. The second-order valence-electron chi connectivity index (χ2n) is 8.52. The van der Waals surface area contributed by atoms with Crippen LogP contribution in [0.5, 0.6) is 5.75 Å². The number of piperazine rings is 1. The highest BCUT2D eigenvalue weighted by atomic mass is 16.5. The summed E-state index contributed by atoms with van der Waals surface area (Å²) in [5.41, 5.74) is 1.85. The van der Waals surface area contributed by atoms with Crippen molar-refractivity contribution in [2.24, 2.45) is 0 Å². The summed E-state index contributed by atoms with van der Waals surface area (Å²) in [6.07, 6.45) is 2.68. The van der Waals surface area contributed by atoms with Gasteiger partial charge >= 0.3 is 0 Å². The maximum atomic E-state index is 13.2. The lowest BCUT2D eigenvalue weighted by molar-refractivity contribution is -0.133. The molecule has 0 N–H and O–H groups in total. The monoisotopic (exact) mass is 434 g/mol. The largest absolute Gasteiger partial charge is 0.486 e. The molecule has 2 saturated heterocycles. The Morgan fingerprint density at radius 2 is 1.81 bits per heavy atom. The highest BCUT2D eigenvalue weighted by Crippen LogP contribution is 2.19. The van der Waals surface area contributed by atoms with Gasteiger partial charge in [0.05, 0.1) is 17.1 Å². The molecule has 2 aliphatic heterocycles. The Bertz CT molecular complexity index is 1040. The third-order valence-corrected chi connectivity index (χ3v) is 6.35. The number of amides is 1. The number of fused-ring (bicyclic) bond motifs is 1. The summed E-state index contributed by atoms with van der Waals surface area (Å²) in [4.78, 5) is 22.3. The number of imidazole rings is 1. The lowest BCUT2D eigenvalue weighted by atomic mass is 10.2. The fourth-order valence-electron chi connectivity index (χ4n) is 4.57. The lowest BCUT2D eigenvalue weighted by Crippen LogP contribution is -2.51. The molecule has 7 heteroatoms. The van der Waals surface area contributed by atoms with Crippen molar-refractivity contribution in [1.29, 1.82) is 0 Å². The van der Waals surface area contributed by atoms with E-state index in [1.165, 1.54) is 0 Å². The molecule has 2 aromatic carbocycles. The highest BCUT2D eigenvalue weighted by Gasteiger charge is 2.25. The number of ether oxygens (including phenoxy) is 2. The molecule has 1 aromatic heterocycles. The van der Waals surface area contributed by atoms with Crippen LogP contribution in [0.25, 0.3) is 11.0 Å². The van der Waals surface area contributed by atoms with E-state index in [1.807, 2.05) is 64.1 Å². The summed E-state index contributed by atoms with van der Waals surface area (Å²) in [5.74, 6) is 1.69. The Morgan fingerprint density at radius 1 is 1.03 bits per heavy atom. The number of aromatic nitrogens is 2. The van der Waals surface area contributed by atoms with Crippen molar-refractivity contribution in [3.05, 3.63) is 60.4 Å². The van der Waals surface area contributed by atoms with E-state index < -0.39 is 0 Å². The maximum Gasteiger partial charge on any atom is 0.242 e. The number of hydrogen-bond donors (Lipinski definition) is 0. The second kappa shape index (κ2) is 9.71. The number of hydrogen-bond acceptors (Lipinski definition) is 5. The summed E-state index contributed by atoms with van der Waals surface area (Å²) >= 11 is 0. The van der Waals surface area contributed by atoms with Crippen LogP contribution in [0.4, 0.5) is 0 Å². The molecule has 2 fully saturated rings. The van der Waals surface area contributed by atoms with Gasteiger partial charge in [0.2, 0.25) is 5.91 Å². The molecule has 1 amide bonds. The lowest BCUT2D eigenvalue weighted by Gasteiger charge is -2.35. The molecule has 0 aliphatic carbocycles. The van der Waals surface area contributed by atoms with Gasteiger partial charge in [0.15, 0.2) is 0 Å². The van der Waals surface area contributed by atoms with Gasteiger partial charge in [-0.05, 0) is 37.1 Å². The van der Waals surface area contributed by atoms with Gasteiger partial charge in [-0.3, -0.25) is 9.69 Å². The van der Waals surface area contributed by atoms with E-state index >= 15 is 0 Å². The summed E-state index contributed by atoms with van der Waals surface area (Å²) in [7, 11) is 0. The van der Waals surface area contributed by atoms with Crippen molar-refractivity contribution < 1.29 is 14.3 Å². The average molecular weight is 435 g/mol. The predicted octanol–water partition coefficient (Wildman–Crippen LogP) is 2.94. The molecule has 0 bridgehead atoms. The quantitative estimate of drug-likeness (QED) is 0.572. The molecule has 0 radical (unpaired) electrons. The van der Waals surface area contributed by atoms with Crippen LogP contribution >= 0.6 is 0 Å². The van der Waals surface area contributed by atoms with E-state index in [0.717, 1.165) is 74.8 Å². The van der Waals surface area contributed by atoms with Crippen molar-refractivity contribution >= 4 is 16.9 Å². The Hall–Kier alpha value is -2.90. The van der Waals surface area contributed by atoms with Gasteiger partial charge in [-0.25, -0.2) is 4.98 Å². The fourth-order valence-corrected chi connectivity index (χ4v) is 4.57. The fraction of sp³-hybridized carbons (Fsp3) is 0.440. The zero-order valence-electron chi connectivity index (χ0n) is 18.4. The van der Waals surface area contributed by atoms with E-state index in [-0.39, 0.29) is 12.5 Å². The number of carbonyl (C=O) groups excluding carboxylic acids is 1. The van der Waals surface area contributed by atoms with Gasteiger partial charge in [-0.2, -0.15) is 0 Å². The second-order valence-corrected chi connectivity index (χ2v) is 8.52. The molecular formula is C25H30N4O3. The number of carbonyl (C=O) groups is 1. The number of nitrogens with zero attached hydrogens (tertiary/aromatic N) is 4. The smallest absolute Gasteiger partial charge is 0.242 e. The first-order valence-electron chi connectivity index (χ1n) is 11.5. The van der Waals surface area contributed by atoms with Crippen LogP contribution < -0.4 is 4.74 Å². The molecule has 3 heterocycles. The van der Waals surface area contributed by atoms with E-state index in [1.54, 1.807) is 0 Å². The van der Waals surface area contributed by atoms with E-state index in [0.29, 0.717) is 12.7 Å². The normalized spacial score (nSPS) is 19.5.